The van der Waals surface area contributed by atoms with Crippen LogP contribution in [0.3, 0.4) is 0 Å². The number of ether oxygens (including phenoxy) is 1. The van der Waals surface area contributed by atoms with Crippen LogP contribution in [0.1, 0.15) is 35.3 Å². The number of nitrogens with one attached hydrogen (secondary N) is 1. The molecule has 188 valence electrons. The summed E-state index contributed by atoms with van der Waals surface area (Å²) in [5, 5.41) is 7.67. The number of terminal acetylenes is 1. The number of alkyl halides is 2. The van der Waals surface area contributed by atoms with Crippen molar-refractivity contribution in [1.29, 1.82) is 5.41 Å². The van der Waals surface area contributed by atoms with E-state index in [2.05, 4.69) is 32.7 Å². The lowest BCUT2D eigenvalue weighted by molar-refractivity contribution is 0.100. The van der Waals surface area contributed by atoms with Crippen LogP contribution >= 0.6 is 11.8 Å². The van der Waals surface area contributed by atoms with Gasteiger partial charge in [0, 0.05) is 22.6 Å². The van der Waals surface area contributed by atoms with Gasteiger partial charge >= 0.3 is 0 Å². The summed E-state index contributed by atoms with van der Waals surface area (Å²) in [5.41, 5.74) is 11.9. The standard InChI is InChI=1S/C26H22F2N6O2S/c1-3-4-5-22(29)33-16-9-10-17(25(35)34-26(31)37-23(30)11-8-15-6-7-15)18(12-16)19-13-20(24(27)28)32-14-21(19)36-2/h1,4-5,9-10,12-15,24,30H,6-7H2,2H3,(H2,29,33)(H2,31,34,35)/b5-4-,30-23?. The van der Waals surface area contributed by atoms with Gasteiger partial charge in [-0.3, -0.25) is 15.2 Å². The van der Waals surface area contributed by atoms with Crippen molar-refractivity contribution >= 4 is 39.4 Å². The molecule has 0 saturated heterocycles. The summed E-state index contributed by atoms with van der Waals surface area (Å²) in [4.78, 5) is 24.9. The second-order valence-corrected chi connectivity index (χ2v) is 8.64. The van der Waals surface area contributed by atoms with Gasteiger partial charge in [-0.2, -0.15) is 4.99 Å². The smallest absolute Gasteiger partial charge is 0.280 e. The molecule has 1 heterocycles. The number of hydrogen-bond donors (Lipinski definition) is 3. The number of carbonyl (C=O) groups excluding carboxylic acids is 1. The molecule has 0 aliphatic heterocycles. The first kappa shape index (κ1) is 27.1. The third-order valence-electron chi connectivity index (χ3n) is 4.85. The predicted octanol–water partition coefficient (Wildman–Crippen LogP) is 4.45. The van der Waals surface area contributed by atoms with Crippen molar-refractivity contribution in [2.24, 2.45) is 27.4 Å². The molecule has 3 rings (SSSR count). The van der Waals surface area contributed by atoms with Crippen molar-refractivity contribution in [1.82, 2.24) is 4.98 Å². The molecular formula is C26H22F2N6O2S. The molecule has 37 heavy (non-hydrogen) atoms. The normalized spacial score (nSPS) is 13.7. The van der Waals surface area contributed by atoms with Crippen LogP contribution in [0.5, 0.6) is 5.75 Å². The molecule has 1 aliphatic carbocycles. The summed E-state index contributed by atoms with van der Waals surface area (Å²) >= 11 is 0.748. The molecule has 0 bridgehead atoms. The average Bonchev–Trinajstić information content (AvgIpc) is 3.70. The Morgan fingerprint density at radius 3 is 2.73 bits per heavy atom. The van der Waals surface area contributed by atoms with Gasteiger partial charge in [0.2, 0.25) is 0 Å². The summed E-state index contributed by atoms with van der Waals surface area (Å²) in [7, 11) is 1.34. The highest BCUT2D eigenvalue weighted by molar-refractivity contribution is 8.26. The van der Waals surface area contributed by atoms with E-state index in [4.69, 9.17) is 28.0 Å². The molecule has 8 nitrogen and oxygen atoms in total. The number of amidine groups is 2. The molecule has 1 aromatic heterocycles. The molecular weight excluding hydrogens is 498 g/mol. The Hall–Kier alpha value is -4.48. The Kier molecular flexibility index (Phi) is 9.14. The van der Waals surface area contributed by atoms with Crippen LogP contribution < -0.4 is 16.2 Å². The molecule has 5 N–H and O–H groups in total. The second kappa shape index (κ2) is 12.5. The summed E-state index contributed by atoms with van der Waals surface area (Å²) in [6.07, 6.45) is 8.25. The first-order chi connectivity index (χ1) is 17.7. The lowest BCUT2D eigenvalue weighted by Gasteiger charge is -2.14. The fraction of sp³-hybridized carbons (Fsp3) is 0.192. The SMILES string of the molecule is C#C/C=C\C(N)=Nc1ccc(C(=O)N=C(N)SC(=N)C#CC2CC2)c(-c2cc(C(F)F)ncc2OC)c1. The van der Waals surface area contributed by atoms with Crippen molar-refractivity contribution in [3.63, 3.8) is 0 Å². The number of halogens is 2. The quantitative estimate of drug-likeness (QED) is 0.292. The number of methoxy groups -OCH3 is 1. The maximum Gasteiger partial charge on any atom is 0.280 e. The van der Waals surface area contributed by atoms with E-state index in [-0.39, 0.29) is 38.5 Å². The van der Waals surface area contributed by atoms with Crippen molar-refractivity contribution in [2.45, 2.75) is 19.3 Å². The van der Waals surface area contributed by atoms with Crippen LogP contribution in [0.15, 0.2) is 52.6 Å². The van der Waals surface area contributed by atoms with E-state index >= 15 is 0 Å². The first-order valence-electron chi connectivity index (χ1n) is 10.8. The summed E-state index contributed by atoms with van der Waals surface area (Å²) in [6, 6.07) is 5.50. The number of benzene rings is 1. The monoisotopic (exact) mass is 520 g/mol. The zero-order chi connectivity index (χ0) is 26.9. The van der Waals surface area contributed by atoms with E-state index in [1.54, 1.807) is 0 Å². The highest BCUT2D eigenvalue weighted by Crippen LogP contribution is 2.37. The third kappa shape index (κ3) is 7.75. The largest absolute Gasteiger partial charge is 0.494 e. The first-order valence-corrected chi connectivity index (χ1v) is 11.6. The number of nitrogens with zero attached hydrogens (tertiary/aromatic N) is 3. The van der Waals surface area contributed by atoms with E-state index in [1.807, 2.05) is 0 Å². The number of nitrogens with two attached hydrogens (primary N) is 2. The van der Waals surface area contributed by atoms with Crippen LogP contribution in [0.4, 0.5) is 14.5 Å². The van der Waals surface area contributed by atoms with Gasteiger partial charge in [0.1, 0.15) is 22.3 Å². The van der Waals surface area contributed by atoms with Gasteiger partial charge in [-0.25, -0.2) is 13.8 Å². The topological polar surface area (TPSA) is 140 Å². The molecule has 0 unspecified atom stereocenters. The Bertz CT molecular complexity index is 1410. The lowest BCUT2D eigenvalue weighted by Crippen LogP contribution is -2.13. The van der Waals surface area contributed by atoms with Gasteiger partial charge in [0.15, 0.2) is 5.17 Å². The average molecular weight is 521 g/mol. The number of aromatic nitrogens is 1. The molecule has 2 aromatic rings. The molecule has 1 aromatic carbocycles. The van der Waals surface area contributed by atoms with Gasteiger partial charge in [-0.05, 0) is 66.9 Å². The minimum Gasteiger partial charge on any atom is -0.494 e. The predicted molar refractivity (Wildman–Crippen MR) is 142 cm³/mol. The van der Waals surface area contributed by atoms with Crippen molar-refractivity contribution in [3.8, 4) is 41.1 Å². The summed E-state index contributed by atoms with van der Waals surface area (Å²) in [5.74, 6) is 7.66. The number of amides is 1. The summed E-state index contributed by atoms with van der Waals surface area (Å²) in [6.45, 7) is 0. The van der Waals surface area contributed by atoms with Crippen LogP contribution in [-0.2, 0) is 0 Å². The number of allylic oxidation sites excluding steroid dienone is 1. The highest BCUT2D eigenvalue weighted by atomic mass is 32.2. The molecule has 1 fully saturated rings. The number of thioether (sulfide) groups is 1. The second-order valence-electron chi connectivity index (χ2n) is 7.61. The molecule has 0 spiro atoms. The van der Waals surface area contributed by atoms with Gasteiger partial charge in [-0.15, -0.1) is 6.42 Å². The third-order valence-corrected chi connectivity index (χ3v) is 5.46. The van der Waals surface area contributed by atoms with E-state index in [9.17, 15) is 13.6 Å². The fourth-order valence-electron chi connectivity index (χ4n) is 2.99. The number of carbonyl (C=O) groups is 1. The Balaban J connectivity index is 2.06. The zero-order valence-corrected chi connectivity index (χ0v) is 20.5. The minimum atomic E-state index is -2.86. The molecule has 11 heteroatoms. The van der Waals surface area contributed by atoms with Crippen LogP contribution in [0, 0.1) is 35.5 Å². The Labute approximate surface area is 216 Å². The molecule has 1 aliphatic rings. The van der Waals surface area contributed by atoms with Gasteiger partial charge in [-0.1, -0.05) is 11.8 Å². The van der Waals surface area contributed by atoms with Crippen molar-refractivity contribution in [3.05, 3.63) is 53.9 Å². The number of rotatable bonds is 6. The maximum atomic E-state index is 13.4. The van der Waals surface area contributed by atoms with E-state index < -0.39 is 18.0 Å². The maximum absolute atomic E-state index is 13.4. The van der Waals surface area contributed by atoms with Gasteiger partial charge in [0.05, 0.1) is 19.0 Å². The lowest BCUT2D eigenvalue weighted by atomic mass is 9.97. The van der Waals surface area contributed by atoms with Crippen LogP contribution in [0.2, 0.25) is 0 Å². The number of aliphatic imine (C=N–C) groups is 2. The molecule has 1 amide bonds. The highest BCUT2D eigenvalue weighted by Gasteiger charge is 2.21. The van der Waals surface area contributed by atoms with Crippen molar-refractivity contribution < 1.29 is 18.3 Å². The van der Waals surface area contributed by atoms with Gasteiger partial charge < -0.3 is 16.2 Å². The van der Waals surface area contributed by atoms with E-state index in [0.29, 0.717) is 11.6 Å². The zero-order valence-electron chi connectivity index (χ0n) is 19.7. The molecule has 1 saturated carbocycles. The van der Waals surface area contributed by atoms with E-state index in [0.717, 1.165) is 36.9 Å². The minimum absolute atomic E-state index is 0.0283. The Morgan fingerprint density at radius 1 is 1.32 bits per heavy atom. The van der Waals surface area contributed by atoms with Crippen molar-refractivity contribution in [2.75, 3.05) is 7.11 Å². The molecule has 0 atom stereocenters. The molecule has 0 radical (unpaired) electrons. The van der Waals surface area contributed by atoms with Gasteiger partial charge in [0.25, 0.3) is 12.3 Å². The number of hydrogen-bond acceptors (Lipinski definition) is 6. The van der Waals surface area contributed by atoms with E-state index in [1.165, 1.54) is 37.5 Å². The van der Waals surface area contributed by atoms with Crippen LogP contribution in [0.25, 0.3) is 11.1 Å². The number of pyridine rings is 1. The fourth-order valence-corrected chi connectivity index (χ4v) is 3.44. The van der Waals surface area contributed by atoms with Crippen LogP contribution in [-0.4, -0.2) is 34.0 Å². The Morgan fingerprint density at radius 2 is 2.08 bits per heavy atom. The summed E-state index contributed by atoms with van der Waals surface area (Å²) < 4.78 is 32.2.